The van der Waals surface area contributed by atoms with Crippen LogP contribution in [-0.4, -0.2) is 74.8 Å². The lowest BCUT2D eigenvalue weighted by molar-refractivity contribution is -0.119. The molecule has 0 saturated carbocycles. The monoisotopic (exact) mass is 474 g/mol. The van der Waals surface area contributed by atoms with E-state index in [-0.39, 0.29) is 35.1 Å². The Morgan fingerprint density at radius 3 is 2.70 bits per heavy atom. The molecule has 1 saturated heterocycles. The molecule has 3 aromatic rings. The number of benzene rings is 2. The van der Waals surface area contributed by atoms with E-state index in [1.165, 1.54) is 29.6 Å². The molecule has 0 atom stereocenters. The summed E-state index contributed by atoms with van der Waals surface area (Å²) in [5.74, 6) is -1.21. The Bertz CT molecular complexity index is 1280. The summed E-state index contributed by atoms with van der Waals surface area (Å²) < 4.78 is 42.5. The maximum absolute atomic E-state index is 12.8. The van der Waals surface area contributed by atoms with E-state index in [9.17, 15) is 18.0 Å². The number of esters is 1. The number of nitrogens with zero attached hydrogens (tertiary/aromatic N) is 2. The summed E-state index contributed by atoms with van der Waals surface area (Å²) in [7, 11) is -2.36. The van der Waals surface area contributed by atoms with Crippen LogP contribution in [0.4, 0.5) is 5.69 Å². The van der Waals surface area contributed by atoms with Crippen molar-refractivity contribution in [1.29, 1.82) is 0 Å². The molecule has 12 heteroatoms. The normalized spacial score (nSPS) is 14.7. The predicted octanol–water partition coefficient (Wildman–Crippen LogP) is 1.39. The number of H-pyrrole nitrogens is 1. The molecule has 1 aliphatic heterocycles. The number of fused-ring (bicyclic) bond motifs is 1. The highest BCUT2D eigenvalue weighted by Gasteiger charge is 2.27. The van der Waals surface area contributed by atoms with Gasteiger partial charge in [-0.25, -0.2) is 13.2 Å². The van der Waals surface area contributed by atoms with Crippen LogP contribution in [0.2, 0.25) is 0 Å². The second kappa shape index (κ2) is 9.57. The quantitative estimate of drug-likeness (QED) is 0.490. The van der Waals surface area contributed by atoms with E-state index >= 15 is 0 Å². The lowest BCUT2D eigenvalue weighted by Crippen LogP contribution is -2.40. The average molecular weight is 474 g/mol. The summed E-state index contributed by atoms with van der Waals surface area (Å²) >= 11 is 0. The summed E-state index contributed by atoms with van der Waals surface area (Å²) in [6.07, 6.45) is 0. The Hall–Kier alpha value is -3.48. The molecule has 4 rings (SSSR count). The van der Waals surface area contributed by atoms with E-state index in [1.54, 1.807) is 24.3 Å². The molecule has 2 aromatic carbocycles. The van der Waals surface area contributed by atoms with E-state index < -0.39 is 28.5 Å². The van der Waals surface area contributed by atoms with Gasteiger partial charge >= 0.3 is 5.97 Å². The molecule has 1 aliphatic rings. The van der Waals surface area contributed by atoms with Crippen molar-refractivity contribution in [3.63, 3.8) is 0 Å². The molecule has 0 spiro atoms. The van der Waals surface area contributed by atoms with Crippen molar-refractivity contribution in [2.24, 2.45) is 0 Å². The summed E-state index contributed by atoms with van der Waals surface area (Å²) in [5, 5.41) is 9.81. The standard InChI is InChI=1S/C21H22N4O7S/c1-30-18-12-14(33(28,29)25-8-10-31-11-9-25)6-7-17(18)22-19(26)13-32-21(27)20-15-4-2-3-5-16(15)23-24-20/h2-7,12H,8-11,13H2,1H3,(H,22,26)(H,23,24). The second-order valence-electron chi connectivity index (χ2n) is 7.12. The van der Waals surface area contributed by atoms with Gasteiger partial charge in [0, 0.05) is 24.5 Å². The SMILES string of the molecule is COc1cc(S(=O)(=O)N2CCOCC2)ccc1NC(=O)COC(=O)c1n[nH]c2ccccc12. The van der Waals surface area contributed by atoms with Crippen LogP contribution in [0.25, 0.3) is 10.9 Å². The van der Waals surface area contributed by atoms with Crippen LogP contribution in [0.3, 0.4) is 0 Å². The minimum absolute atomic E-state index is 0.0380. The number of nitrogens with one attached hydrogen (secondary N) is 2. The first-order valence-corrected chi connectivity index (χ1v) is 11.5. The van der Waals surface area contributed by atoms with E-state index in [0.29, 0.717) is 24.1 Å². The molecule has 0 radical (unpaired) electrons. The number of morpholine rings is 1. The van der Waals surface area contributed by atoms with Gasteiger partial charge in [0.05, 0.1) is 36.4 Å². The largest absolute Gasteiger partial charge is 0.495 e. The number of ether oxygens (including phenoxy) is 3. The fourth-order valence-corrected chi connectivity index (χ4v) is 4.80. The topological polar surface area (TPSA) is 140 Å². The van der Waals surface area contributed by atoms with Gasteiger partial charge in [0.1, 0.15) is 5.75 Å². The number of hydrogen-bond donors (Lipinski definition) is 2. The van der Waals surface area contributed by atoms with Crippen LogP contribution in [-0.2, 0) is 24.3 Å². The summed E-state index contributed by atoms with van der Waals surface area (Å²) in [6, 6.07) is 11.2. The Kier molecular flexibility index (Phi) is 6.58. The van der Waals surface area contributed by atoms with Gasteiger partial charge in [-0.05, 0) is 18.2 Å². The number of rotatable bonds is 7. The lowest BCUT2D eigenvalue weighted by Gasteiger charge is -2.26. The third kappa shape index (κ3) is 4.82. The number of aromatic amines is 1. The Morgan fingerprint density at radius 1 is 1.18 bits per heavy atom. The maximum atomic E-state index is 12.8. The van der Waals surface area contributed by atoms with Gasteiger partial charge in [-0.1, -0.05) is 18.2 Å². The minimum atomic E-state index is -3.72. The molecule has 2 N–H and O–H groups in total. The van der Waals surface area contributed by atoms with E-state index in [4.69, 9.17) is 14.2 Å². The van der Waals surface area contributed by atoms with Crippen molar-refractivity contribution >= 4 is 38.5 Å². The molecule has 1 amide bonds. The number of carbonyl (C=O) groups is 2. The number of hydrogen-bond acceptors (Lipinski definition) is 8. The third-order valence-corrected chi connectivity index (χ3v) is 6.95. The highest BCUT2D eigenvalue weighted by molar-refractivity contribution is 7.89. The number of sulfonamides is 1. The highest BCUT2D eigenvalue weighted by Crippen LogP contribution is 2.29. The van der Waals surface area contributed by atoms with Crippen molar-refractivity contribution < 1.29 is 32.2 Å². The molecule has 1 aromatic heterocycles. The molecule has 11 nitrogen and oxygen atoms in total. The first-order valence-electron chi connectivity index (χ1n) is 10.1. The van der Waals surface area contributed by atoms with Crippen LogP contribution in [0.1, 0.15) is 10.5 Å². The van der Waals surface area contributed by atoms with Crippen molar-refractivity contribution in [3.8, 4) is 5.75 Å². The van der Waals surface area contributed by atoms with Crippen molar-refractivity contribution in [3.05, 3.63) is 48.2 Å². The molecule has 0 unspecified atom stereocenters. The molecule has 174 valence electrons. The van der Waals surface area contributed by atoms with E-state index in [2.05, 4.69) is 15.5 Å². The van der Waals surface area contributed by atoms with Crippen LogP contribution >= 0.6 is 0 Å². The molecule has 1 fully saturated rings. The first kappa shape index (κ1) is 22.7. The van der Waals surface area contributed by atoms with Crippen LogP contribution < -0.4 is 10.1 Å². The first-order chi connectivity index (χ1) is 15.9. The summed E-state index contributed by atoms with van der Waals surface area (Å²) in [5.41, 5.74) is 0.990. The lowest BCUT2D eigenvalue weighted by atomic mass is 10.2. The number of anilines is 1. The smallest absolute Gasteiger partial charge is 0.359 e. The van der Waals surface area contributed by atoms with E-state index in [0.717, 1.165) is 0 Å². The van der Waals surface area contributed by atoms with Crippen LogP contribution in [0, 0.1) is 0 Å². The minimum Gasteiger partial charge on any atom is -0.495 e. The molecule has 0 aliphatic carbocycles. The second-order valence-corrected chi connectivity index (χ2v) is 9.06. The van der Waals surface area contributed by atoms with Crippen LogP contribution in [0.5, 0.6) is 5.75 Å². The average Bonchev–Trinajstić information content (AvgIpc) is 3.27. The zero-order chi connectivity index (χ0) is 23.4. The molecule has 0 bridgehead atoms. The van der Waals surface area contributed by atoms with Gasteiger partial charge in [0.2, 0.25) is 10.0 Å². The summed E-state index contributed by atoms with van der Waals surface area (Å²) in [6.45, 7) is 0.630. The van der Waals surface area contributed by atoms with Gasteiger partial charge in [0.25, 0.3) is 5.91 Å². The number of carbonyl (C=O) groups excluding carboxylic acids is 2. The number of methoxy groups -OCH3 is 1. The van der Waals surface area contributed by atoms with Gasteiger partial charge in [-0.3, -0.25) is 9.89 Å². The third-order valence-electron chi connectivity index (χ3n) is 5.05. The molecular weight excluding hydrogens is 452 g/mol. The van der Waals surface area contributed by atoms with Gasteiger partial charge in [0.15, 0.2) is 12.3 Å². The van der Waals surface area contributed by atoms with Crippen molar-refractivity contribution in [1.82, 2.24) is 14.5 Å². The number of para-hydroxylation sites is 1. The predicted molar refractivity (Wildman–Crippen MR) is 118 cm³/mol. The number of aromatic nitrogens is 2. The maximum Gasteiger partial charge on any atom is 0.359 e. The molecular formula is C21H22N4O7S. The highest BCUT2D eigenvalue weighted by atomic mass is 32.2. The van der Waals surface area contributed by atoms with Gasteiger partial charge in [-0.15, -0.1) is 0 Å². The molecule has 33 heavy (non-hydrogen) atoms. The van der Waals surface area contributed by atoms with Crippen molar-refractivity contribution in [2.75, 3.05) is 45.3 Å². The fraction of sp³-hybridized carbons (Fsp3) is 0.286. The number of amides is 1. The zero-order valence-corrected chi connectivity index (χ0v) is 18.6. The van der Waals surface area contributed by atoms with E-state index in [1.807, 2.05) is 0 Å². The van der Waals surface area contributed by atoms with Gasteiger partial charge in [-0.2, -0.15) is 9.40 Å². The zero-order valence-electron chi connectivity index (χ0n) is 17.7. The van der Waals surface area contributed by atoms with Crippen LogP contribution in [0.15, 0.2) is 47.4 Å². The Labute approximate surface area is 189 Å². The molecule has 2 heterocycles. The fourth-order valence-electron chi connectivity index (χ4n) is 3.38. The Balaban J connectivity index is 1.41. The Morgan fingerprint density at radius 2 is 1.94 bits per heavy atom. The van der Waals surface area contributed by atoms with Crippen molar-refractivity contribution in [2.45, 2.75) is 4.90 Å². The van der Waals surface area contributed by atoms with Gasteiger partial charge < -0.3 is 19.5 Å². The summed E-state index contributed by atoms with van der Waals surface area (Å²) in [4.78, 5) is 24.7.